The Morgan fingerprint density at radius 1 is 1.05 bits per heavy atom. The highest BCUT2D eigenvalue weighted by Crippen LogP contribution is 2.31. The second-order valence-electron chi connectivity index (χ2n) is 4.87. The monoisotopic (exact) mass is 307 g/mol. The van der Waals surface area contributed by atoms with Crippen LogP contribution in [0.25, 0.3) is 0 Å². The lowest BCUT2D eigenvalue weighted by atomic mass is 10.2. The first-order chi connectivity index (χ1) is 9.32. The maximum atomic E-state index is 12.5. The Kier molecular flexibility index (Phi) is 4.39. The summed E-state index contributed by atoms with van der Waals surface area (Å²) in [6.45, 7) is 1.39. The first kappa shape index (κ1) is 15.3. The molecular formula is C13H16F3NO2S. The van der Waals surface area contributed by atoms with Crippen molar-refractivity contribution in [3.05, 3.63) is 29.8 Å². The van der Waals surface area contributed by atoms with Gasteiger partial charge in [0.25, 0.3) is 0 Å². The third-order valence-electron chi connectivity index (χ3n) is 3.47. The second-order valence-corrected chi connectivity index (χ2v) is 7.10. The van der Waals surface area contributed by atoms with E-state index in [1.165, 1.54) is 0 Å². The smallest absolute Gasteiger partial charge is 0.317 e. The fourth-order valence-electron chi connectivity index (χ4n) is 2.32. The molecule has 0 amide bonds. The SMILES string of the molecule is O=S(=O)(c1ccc(C(F)(F)F)cc1)C1CCCNCC1. The molecule has 1 fully saturated rings. The molecule has 1 atom stereocenters. The van der Waals surface area contributed by atoms with E-state index < -0.39 is 26.8 Å². The topological polar surface area (TPSA) is 46.2 Å². The van der Waals surface area contributed by atoms with E-state index in [1.807, 2.05) is 0 Å². The number of halogens is 3. The van der Waals surface area contributed by atoms with Gasteiger partial charge in [0.15, 0.2) is 9.84 Å². The van der Waals surface area contributed by atoms with E-state index in [0.717, 1.165) is 37.2 Å². The summed E-state index contributed by atoms with van der Waals surface area (Å²) >= 11 is 0. The van der Waals surface area contributed by atoms with Crippen LogP contribution in [-0.2, 0) is 16.0 Å². The van der Waals surface area contributed by atoms with E-state index in [9.17, 15) is 21.6 Å². The van der Waals surface area contributed by atoms with Crippen molar-refractivity contribution in [1.82, 2.24) is 5.32 Å². The van der Waals surface area contributed by atoms with E-state index in [2.05, 4.69) is 5.32 Å². The number of rotatable bonds is 2. The Labute approximate surface area is 116 Å². The molecule has 0 spiro atoms. The molecule has 0 radical (unpaired) electrons. The van der Waals surface area contributed by atoms with Crippen LogP contribution in [0, 0.1) is 0 Å². The number of nitrogens with one attached hydrogen (secondary N) is 1. The van der Waals surface area contributed by atoms with Crippen molar-refractivity contribution in [2.24, 2.45) is 0 Å². The number of alkyl halides is 3. The highest BCUT2D eigenvalue weighted by molar-refractivity contribution is 7.92. The largest absolute Gasteiger partial charge is 0.416 e. The van der Waals surface area contributed by atoms with Crippen LogP contribution in [-0.4, -0.2) is 26.8 Å². The predicted octanol–water partition coefficient (Wildman–Crippen LogP) is 2.62. The van der Waals surface area contributed by atoms with Crippen LogP contribution in [0.5, 0.6) is 0 Å². The Morgan fingerprint density at radius 2 is 1.70 bits per heavy atom. The number of benzene rings is 1. The minimum Gasteiger partial charge on any atom is -0.317 e. The van der Waals surface area contributed by atoms with Gasteiger partial charge in [0.1, 0.15) is 0 Å². The summed E-state index contributed by atoms with van der Waals surface area (Å²) in [6, 6.07) is 3.75. The number of hydrogen-bond donors (Lipinski definition) is 1. The van der Waals surface area contributed by atoms with E-state index in [1.54, 1.807) is 0 Å². The third-order valence-corrected chi connectivity index (χ3v) is 5.75. The molecule has 1 saturated heterocycles. The molecule has 112 valence electrons. The van der Waals surface area contributed by atoms with Crippen molar-refractivity contribution >= 4 is 9.84 Å². The van der Waals surface area contributed by atoms with E-state index in [-0.39, 0.29) is 4.90 Å². The Bertz CT molecular complexity index is 544. The average Bonchev–Trinajstić information content (AvgIpc) is 2.67. The third kappa shape index (κ3) is 3.32. The normalized spacial score (nSPS) is 21.4. The van der Waals surface area contributed by atoms with Gasteiger partial charge >= 0.3 is 6.18 Å². The van der Waals surface area contributed by atoms with Crippen molar-refractivity contribution in [3.8, 4) is 0 Å². The zero-order valence-electron chi connectivity index (χ0n) is 10.8. The highest BCUT2D eigenvalue weighted by Gasteiger charge is 2.32. The summed E-state index contributed by atoms with van der Waals surface area (Å²) in [4.78, 5) is -0.0302. The molecule has 1 heterocycles. The van der Waals surface area contributed by atoms with Crippen LogP contribution in [0.1, 0.15) is 24.8 Å². The Hall–Kier alpha value is -1.08. The van der Waals surface area contributed by atoms with Gasteiger partial charge in [0, 0.05) is 0 Å². The molecule has 1 aromatic rings. The molecule has 3 nitrogen and oxygen atoms in total. The van der Waals surface area contributed by atoms with Crippen LogP contribution in [0.4, 0.5) is 13.2 Å². The van der Waals surface area contributed by atoms with E-state index in [0.29, 0.717) is 19.4 Å². The molecule has 7 heteroatoms. The number of sulfone groups is 1. The molecule has 1 aliphatic heterocycles. The molecule has 1 aromatic carbocycles. The lowest BCUT2D eigenvalue weighted by Gasteiger charge is -2.15. The van der Waals surface area contributed by atoms with Crippen LogP contribution in [0.3, 0.4) is 0 Å². The van der Waals surface area contributed by atoms with Gasteiger partial charge in [-0.3, -0.25) is 0 Å². The Morgan fingerprint density at radius 3 is 2.30 bits per heavy atom. The van der Waals surface area contributed by atoms with Gasteiger partial charge in [-0.1, -0.05) is 0 Å². The van der Waals surface area contributed by atoms with Crippen LogP contribution < -0.4 is 5.32 Å². The molecule has 2 rings (SSSR count). The van der Waals surface area contributed by atoms with Crippen molar-refractivity contribution in [2.75, 3.05) is 13.1 Å². The van der Waals surface area contributed by atoms with Crippen molar-refractivity contribution < 1.29 is 21.6 Å². The van der Waals surface area contributed by atoms with Gasteiger partial charge in [0.05, 0.1) is 15.7 Å². The minimum absolute atomic E-state index is 0.0302. The van der Waals surface area contributed by atoms with Gasteiger partial charge in [-0.05, 0) is 56.6 Å². The van der Waals surface area contributed by atoms with Crippen LogP contribution >= 0.6 is 0 Å². The summed E-state index contributed by atoms with van der Waals surface area (Å²) in [7, 11) is -3.55. The fraction of sp³-hybridized carbons (Fsp3) is 0.538. The van der Waals surface area contributed by atoms with Crippen molar-refractivity contribution in [3.63, 3.8) is 0 Å². The highest BCUT2D eigenvalue weighted by atomic mass is 32.2. The van der Waals surface area contributed by atoms with Gasteiger partial charge in [-0.15, -0.1) is 0 Å². The standard InChI is InChI=1S/C13H16F3NO2S/c14-13(15,16)10-3-5-12(6-4-10)20(18,19)11-2-1-8-17-9-7-11/h3-6,11,17H,1-2,7-9H2. The van der Waals surface area contributed by atoms with E-state index in [4.69, 9.17) is 0 Å². The molecule has 0 bridgehead atoms. The first-order valence-corrected chi connectivity index (χ1v) is 7.98. The predicted molar refractivity (Wildman–Crippen MR) is 69.1 cm³/mol. The van der Waals surface area contributed by atoms with Crippen molar-refractivity contribution in [1.29, 1.82) is 0 Å². The van der Waals surface area contributed by atoms with Gasteiger partial charge in [0.2, 0.25) is 0 Å². The molecular weight excluding hydrogens is 291 g/mol. The molecule has 0 aromatic heterocycles. The number of hydrogen-bond acceptors (Lipinski definition) is 3. The summed E-state index contributed by atoms with van der Waals surface area (Å²) < 4.78 is 62.2. The summed E-state index contributed by atoms with van der Waals surface area (Å²) in [5.41, 5.74) is -0.834. The average molecular weight is 307 g/mol. The zero-order valence-corrected chi connectivity index (χ0v) is 11.6. The molecule has 20 heavy (non-hydrogen) atoms. The van der Waals surface area contributed by atoms with Crippen LogP contribution in [0.15, 0.2) is 29.2 Å². The molecule has 1 N–H and O–H groups in total. The minimum atomic E-state index is -4.45. The quantitative estimate of drug-likeness (QED) is 0.913. The maximum Gasteiger partial charge on any atom is 0.416 e. The maximum absolute atomic E-state index is 12.5. The van der Waals surface area contributed by atoms with Gasteiger partial charge in [-0.25, -0.2) is 8.42 Å². The summed E-state index contributed by atoms with van der Waals surface area (Å²) in [6.07, 6.45) is -2.67. The van der Waals surface area contributed by atoms with E-state index >= 15 is 0 Å². The zero-order chi connectivity index (χ0) is 14.8. The lowest BCUT2D eigenvalue weighted by molar-refractivity contribution is -0.137. The molecule has 0 saturated carbocycles. The van der Waals surface area contributed by atoms with Gasteiger partial charge in [-0.2, -0.15) is 13.2 Å². The summed E-state index contributed by atoms with van der Waals surface area (Å²) in [5, 5.41) is 2.60. The lowest BCUT2D eigenvalue weighted by Crippen LogP contribution is -2.23. The second kappa shape index (κ2) is 5.73. The molecule has 0 aliphatic carbocycles. The van der Waals surface area contributed by atoms with Gasteiger partial charge < -0.3 is 5.32 Å². The fourth-order valence-corrected chi connectivity index (χ4v) is 4.13. The molecule has 1 aliphatic rings. The Balaban J connectivity index is 2.25. The molecule has 1 unspecified atom stereocenters. The van der Waals surface area contributed by atoms with Crippen molar-refractivity contribution in [2.45, 2.75) is 35.6 Å². The summed E-state index contributed by atoms with van der Waals surface area (Å²) in [5.74, 6) is 0. The first-order valence-electron chi connectivity index (χ1n) is 6.44. The van der Waals surface area contributed by atoms with Crippen LogP contribution in [0.2, 0.25) is 0 Å².